The van der Waals surface area contributed by atoms with Crippen molar-refractivity contribution < 1.29 is 4.79 Å². The summed E-state index contributed by atoms with van der Waals surface area (Å²) in [5, 5.41) is 9.50. The highest BCUT2D eigenvalue weighted by molar-refractivity contribution is 5.90. The van der Waals surface area contributed by atoms with E-state index in [1.807, 2.05) is 0 Å². The van der Waals surface area contributed by atoms with E-state index in [1.54, 1.807) is 42.6 Å². The average molecular weight is 284 g/mol. The zero-order chi connectivity index (χ0) is 14.7. The maximum atomic E-state index is 11.9. The molecule has 3 heterocycles. The van der Waals surface area contributed by atoms with Gasteiger partial charge in [-0.3, -0.25) is 14.9 Å². The SMILES string of the molecule is Cn1ccnc1C(=O)NCc1nc(-c2cnccn2)n[nH]1. The van der Waals surface area contributed by atoms with Gasteiger partial charge >= 0.3 is 0 Å². The fourth-order valence-electron chi connectivity index (χ4n) is 1.73. The molecular formula is C12H12N8O. The molecule has 1 amide bonds. The van der Waals surface area contributed by atoms with Crippen molar-refractivity contribution in [3.05, 3.63) is 42.6 Å². The highest BCUT2D eigenvalue weighted by Gasteiger charge is 2.12. The first-order valence-corrected chi connectivity index (χ1v) is 6.17. The van der Waals surface area contributed by atoms with Crippen LogP contribution in [-0.4, -0.2) is 40.6 Å². The van der Waals surface area contributed by atoms with Crippen LogP contribution in [0.5, 0.6) is 0 Å². The summed E-state index contributed by atoms with van der Waals surface area (Å²) in [4.78, 5) is 28.2. The fraction of sp³-hybridized carbons (Fsp3) is 0.167. The second kappa shape index (κ2) is 5.49. The number of nitrogens with zero attached hydrogens (tertiary/aromatic N) is 6. The van der Waals surface area contributed by atoms with Gasteiger partial charge in [0.25, 0.3) is 5.91 Å². The van der Waals surface area contributed by atoms with E-state index in [2.05, 4.69) is 35.5 Å². The molecule has 0 spiro atoms. The standard InChI is InChI=1S/C12H12N8O/c1-20-5-4-15-11(20)12(21)16-7-9-17-10(19-18-9)8-6-13-2-3-14-8/h2-6H,7H2,1H3,(H,16,21)(H,17,18,19). The minimum absolute atomic E-state index is 0.221. The van der Waals surface area contributed by atoms with Crippen LogP contribution < -0.4 is 5.32 Å². The van der Waals surface area contributed by atoms with Gasteiger partial charge in [0.15, 0.2) is 5.82 Å². The lowest BCUT2D eigenvalue weighted by molar-refractivity contribution is 0.0936. The Morgan fingerprint density at radius 3 is 2.95 bits per heavy atom. The molecule has 0 fully saturated rings. The predicted molar refractivity (Wildman–Crippen MR) is 71.8 cm³/mol. The average Bonchev–Trinajstić information content (AvgIpc) is 3.15. The van der Waals surface area contributed by atoms with Crippen molar-refractivity contribution in [2.24, 2.45) is 7.05 Å². The fourth-order valence-corrected chi connectivity index (χ4v) is 1.73. The number of carbonyl (C=O) groups is 1. The molecule has 3 rings (SSSR count). The van der Waals surface area contributed by atoms with Crippen LogP contribution in [0.3, 0.4) is 0 Å². The lowest BCUT2D eigenvalue weighted by Gasteiger charge is -2.02. The van der Waals surface area contributed by atoms with Gasteiger partial charge in [0, 0.05) is 31.8 Å². The van der Waals surface area contributed by atoms with Crippen molar-refractivity contribution >= 4 is 5.91 Å². The number of carbonyl (C=O) groups excluding carboxylic acids is 1. The van der Waals surface area contributed by atoms with Gasteiger partial charge in [0.1, 0.15) is 11.5 Å². The summed E-state index contributed by atoms with van der Waals surface area (Å²) in [6.45, 7) is 0.221. The molecular weight excluding hydrogens is 272 g/mol. The molecule has 0 saturated carbocycles. The Morgan fingerprint density at radius 1 is 1.33 bits per heavy atom. The van der Waals surface area contributed by atoms with E-state index in [4.69, 9.17) is 0 Å². The first-order chi connectivity index (χ1) is 10.2. The summed E-state index contributed by atoms with van der Waals surface area (Å²) >= 11 is 0. The summed E-state index contributed by atoms with van der Waals surface area (Å²) < 4.78 is 1.64. The number of rotatable bonds is 4. The molecule has 9 heteroatoms. The van der Waals surface area contributed by atoms with Gasteiger partial charge in [0.05, 0.1) is 12.7 Å². The number of H-pyrrole nitrogens is 1. The Bertz CT molecular complexity index is 747. The lowest BCUT2D eigenvalue weighted by Crippen LogP contribution is -2.26. The van der Waals surface area contributed by atoms with Crippen molar-refractivity contribution in [1.29, 1.82) is 0 Å². The van der Waals surface area contributed by atoms with E-state index in [0.717, 1.165) is 0 Å². The molecule has 0 aliphatic carbocycles. The number of aromatic amines is 1. The van der Waals surface area contributed by atoms with E-state index >= 15 is 0 Å². The molecule has 3 aromatic heterocycles. The van der Waals surface area contributed by atoms with E-state index < -0.39 is 0 Å². The van der Waals surface area contributed by atoms with Gasteiger partial charge in [-0.15, -0.1) is 0 Å². The van der Waals surface area contributed by atoms with Crippen molar-refractivity contribution in [3.8, 4) is 11.5 Å². The van der Waals surface area contributed by atoms with Crippen LogP contribution >= 0.6 is 0 Å². The van der Waals surface area contributed by atoms with Crippen molar-refractivity contribution in [2.45, 2.75) is 6.54 Å². The van der Waals surface area contributed by atoms with E-state index in [1.165, 1.54) is 0 Å². The zero-order valence-corrected chi connectivity index (χ0v) is 11.2. The highest BCUT2D eigenvalue weighted by Crippen LogP contribution is 2.08. The number of hydrogen-bond acceptors (Lipinski definition) is 6. The summed E-state index contributed by atoms with van der Waals surface area (Å²) in [6, 6.07) is 0. The van der Waals surface area contributed by atoms with Crippen LogP contribution in [0.15, 0.2) is 31.0 Å². The highest BCUT2D eigenvalue weighted by atomic mass is 16.2. The van der Waals surface area contributed by atoms with Crippen LogP contribution in [0, 0.1) is 0 Å². The number of hydrogen-bond donors (Lipinski definition) is 2. The van der Waals surface area contributed by atoms with Crippen molar-refractivity contribution in [1.82, 2.24) is 40.0 Å². The van der Waals surface area contributed by atoms with Crippen LogP contribution in [-0.2, 0) is 13.6 Å². The summed E-state index contributed by atoms with van der Waals surface area (Å²) in [6.07, 6.45) is 7.98. The van der Waals surface area contributed by atoms with Gasteiger partial charge in [-0.25, -0.2) is 15.0 Å². The van der Waals surface area contributed by atoms with Gasteiger partial charge < -0.3 is 9.88 Å². The zero-order valence-electron chi connectivity index (χ0n) is 11.2. The largest absolute Gasteiger partial charge is 0.342 e. The topological polar surface area (TPSA) is 114 Å². The molecule has 0 bridgehead atoms. The first-order valence-electron chi connectivity index (χ1n) is 6.17. The van der Waals surface area contributed by atoms with Crippen LogP contribution in [0.25, 0.3) is 11.5 Å². The molecule has 0 aliphatic heterocycles. The van der Waals surface area contributed by atoms with E-state index in [-0.39, 0.29) is 12.5 Å². The van der Waals surface area contributed by atoms with E-state index in [0.29, 0.717) is 23.2 Å². The number of aromatic nitrogens is 7. The van der Waals surface area contributed by atoms with Gasteiger partial charge in [-0.1, -0.05) is 0 Å². The molecule has 0 aromatic carbocycles. The third kappa shape index (κ3) is 2.76. The third-order valence-corrected chi connectivity index (χ3v) is 2.76. The Balaban J connectivity index is 1.66. The Hall–Kier alpha value is -3.10. The Morgan fingerprint density at radius 2 is 2.24 bits per heavy atom. The first kappa shape index (κ1) is 12.9. The van der Waals surface area contributed by atoms with E-state index in [9.17, 15) is 4.79 Å². The molecule has 2 N–H and O–H groups in total. The predicted octanol–water partition coefficient (Wildman–Crippen LogP) is -0.0748. The number of aryl methyl sites for hydroxylation is 1. The second-order valence-corrected chi connectivity index (χ2v) is 4.24. The molecule has 3 aromatic rings. The van der Waals surface area contributed by atoms with Gasteiger partial charge in [-0.2, -0.15) is 5.10 Å². The van der Waals surface area contributed by atoms with Gasteiger partial charge in [-0.05, 0) is 0 Å². The maximum Gasteiger partial charge on any atom is 0.287 e. The van der Waals surface area contributed by atoms with Crippen LogP contribution in [0.4, 0.5) is 0 Å². The molecule has 9 nitrogen and oxygen atoms in total. The summed E-state index contributed by atoms with van der Waals surface area (Å²) in [7, 11) is 1.75. The second-order valence-electron chi connectivity index (χ2n) is 4.24. The molecule has 0 unspecified atom stereocenters. The van der Waals surface area contributed by atoms with Gasteiger partial charge in [0.2, 0.25) is 5.82 Å². The molecule has 106 valence electrons. The maximum absolute atomic E-state index is 11.9. The van der Waals surface area contributed by atoms with Crippen LogP contribution in [0.2, 0.25) is 0 Å². The molecule has 0 aliphatic rings. The molecule has 21 heavy (non-hydrogen) atoms. The smallest absolute Gasteiger partial charge is 0.287 e. The quantitative estimate of drug-likeness (QED) is 0.693. The third-order valence-electron chi connectivity index (χ3n) is 2.76. The summed E-state index contributed by atoms with van der Waals surface area (Å²) in [5.41, 5.74) is 0.565. The minimum atomic E-state index is -0.278. The Labute approximate surface area is 119 Å². The number of nitrogens with one attached hydrogen (secondary N) is 2. The molecule has 0 atom stereocenters. The number of imidazole rings is 1. The monoisotopic (exact) mass is 284 g/mol. The Kier molecular flexibility index (Phi) is 3.37. The van der Waals surface area contributed by atoms with Crippen molar-refractivity contribution in [2.75, 3.05) is 0 Å². The number of amides is 1. The normalized spacial score (nSPS) is 10.5. The molecule has 0 radical (unpaired) electrons. The summed E-state index contributed by atoms with van der Waals surface area (Å²) in [5.74, 6) is 1.02. The van der Waals surface area contributed by atoms with Crippen LogP contribution in [0.1, 0.15) is 16.4 Å². The lowest BCUT2D eigenvalue weighted by atomic mass is 10.4. The minimum Gasteiger partial charge on any atom is -0.342 e. The molecule has 0 saturated heterocycles. The van der Waals surface area contributed by atoms with Crippen molar-refractivity contribution in [3.63, 3.8) is 0 Å².